The van der Waals surface area contributed by atoms with Gasteiger partial charge < -0.3 is 11.1 Å². The maximum atomic E-state index is 12.0. The van der Waals surface area contributed by atoms with E-state index in [1.54, 1.807) is 31.2 Å². The van der Waals surface area contributed by atoms with Crippen molar-refractivity contribution in [1.82, 2.24) is 10.0 Å². The second-order valence-corrected chi connectivity index (χ2v) is 6.32. The van der Waals surface area contributed by atoms with E-state index in [9.17, 15) is 13.2 Å². The van der Waals surface area contributed by atoms with Crippen molar-refractivity contribution in [2.24, 2.45) is 5.73 Å². The molecule has 0 fully saturated rings. The minimum absolute atomic E-state index is 0.134. The molecule has 0 aromatic heterocycles. The number of hydrogen-bond acceptors (Lipinski definition) is 4. The Morgan fingerprint density at radius 3 is 2.37 bits per heavy atom. The monoisotopic (exact) mass is 285 g/mol. The van der Waals surface area contributed by atoms with Crippen LogP contribution in [0.25, 0.3) is 0 Å². The minimum Gasteiger partial charge on any atom is -0.353 e. The van der Waals surface area contributed by atoms with E-state index in [0.717, 1.165) is 6.26 Å². The van der Waals surface area contributed by atoms with Gasteiger partial charge in [-0.2, -0.15) is 0 Å². The average Bonchev–Trinajstić information content (AvgIpc) is 2.34. The summed E-state index contributed by atoms with van der Waals surface area (Å²) in [7, 11) is -3.24. The fourth-order valence-electron chi connectivity index (χ4n) is 1.51. The highest BCUT2D eigenvalue weighted by molar-refractivity contribution is 7.88. The van der Waals surface area contributed by atoms with E-state index < -0.39 is 15.6 Å². The molecule has 1 unspecified atom stereocenters. The number of sulfonamides is 1. The average molecular weight is 285 g/mol. The molecule has 0 spiro atoms. The van der Waals surface area contributed by atoms with Gasteiger partial charge in [-0.1, -0.05) is 30.3 Å². The highest BCUT2D eigenvalue weighted by Crippen LogP contribution is 2.16. The number of nitrogens with two attached hydrogens (primary N) is 1. The predicted molar refractivity (Wildman–Crippen MR) is 73.8 cm³/mol. The van der Waals surface area contributed by atoms with Gasteiger partial charge in [0.05, 0.1) is 6.26 Å². The number of carbonyl (C=O) groups is 1. The summed E-state index contributed by atoms with van der Waals surface area (Å²) in [6.45, 7) is 1.93. The van der Waals surface area contributed by atoms with E-state index >= 15 is 0 Å². The molecule has 0 saturated heterocycles. The summed E-state index contributed by atoms with van der Waals surface area (Å²) in [6.07, 6.45) is 1.06. The van der Waals surface area contributed by atoms with Gasteiger partial charge in [-0.15, -0.1) is 0 Å². The predicted octanol–water partition coefficient (Wildman–Crippen LogP) is -0.474. The van der Waals surface area contributed by atoms with Crippen LogP contribution in [0.3, 0.4) is 0 Å². The van der Waals surface area contributed by atoms with Crippen LogP contribution in [-0.4, -0.2) is 33.7 Å². The first-order chi connectivity index (χ1) is 8.73. The Balaban J connectivity index is 2.54. The number of benzene rings is 1. The summed E-state index contributed by atoms with van der Waals surface area (Å²) < 4.78 is 24.0. The number of carbonyl (C=O) groups excluding carboxylic acids is 1. The number of hydrogen-bond donors (Lipinski definition) is 3. The maximum Gasteiger partial charge on any atom is 0.244 e. The van der Waals surface area contributed by atoms with Gasteiger partial charge in [0, 0.05) is 13.1 Å². The molecule has 0 radical (unpaired) electrons. The normalized spacial score (nSPS) is 14.7. The second-order valence-electron chi connectivity index (χ2n) is 4.49. The highest BCUT2D eigenvalue weighted by atomic mass is 32.2. The molecular formula is C12H19N3O3S. The van der Waals surface area contributed by atoms with Crippen molar-refractivity contribution in [3.63, 3.8) is 0 Å². The van der Waals surface area contributed by atoms with Crippen LogP contribution >= 0.6 is 0 Å². The number of rotatable bonds is 6. The van der Waals surface area contributed by atoms with Gasteiger partial charge in [0.2, 0.25) is 15.9 Å². The smallest absolute Gasteiger partial charge is 0.244 e. The Labute approximate surface area is 113 Å². The summed E-state index contributed by atoms with van der Waals surface area (Å²) in [5, 5.41) is 2.60. The molecule has 0 aliphatic carbocycles. The zero-order valence-electron chi connectivity index (χ0n) is 11.0. The van der Waals surface area contributed by atoms with Crippen LogP contribution in [0.15, 0.2) is 30.3 Å². The van der Waals surface area contributed by atoms with E-state index in [-0.39, 0.29) is 19.0 Å². The molecule has 1 aromatic rings. The van der Waals surface area contributed by atoms with Gasteiger partial charge in [-0.25, -0.2) is 13.1 Å². The van der Waals surface area contributed by atoms with Crippen molar-refractivity contribution in [3.8, 4) is 0 Å². The third-order valence-electron chi connectivity index (χ3n) is 2.62. The molecular weight excluding hydrogens is 266 g/mol. The van der Waals surface area contributed by atoms with Crippen molar-refractivity contribution in [3.05, 3.63) is 35.9 Å². The SMILES string of the molecule is CC(N)(C(=O)NCCNS(C)(=O)=O)c1ccccc1. The maximum absolute atomic E-state index is 12.0. The molecule has 0 heterocycles. The molecule has 19 heavy (non-hydrogen) atoms. The molecule has 0 saturated carbocycles. The Bertz CT molecular complexity index is 526. The molecule has 1 amide bonds. The van der Waals surface area contributed by atoms with Crippen LogP contribution in [0, 0.1) is 0 Å². The molecule has 6 nitrogen and oxygen atoms in total. The van der Waals surface area contributed by atoms with Gasteiger partial charge in [0.15, 0.2) is 0 Å². The van der Waals surface area contributed by atoms with Crippen LogP contribution in [0.2, 0.25) is 0 Å². The minimum atomic E-state index is -3.24. The Morgan fingerprint density at radius 1 is 1.26 bits per heavy atom. The molecule has 1 rings (SSSR count). The Kier molecular flexibility index (Phi) is 5.04. The molecule has 0 bridgehead atoms. The zero-order valence-corrected chi connectivity index (χ0v) is 11.8. The van der Waals surface area contributed by atoms with Crippen molar-refractivity contribution >= 4 is 15.9 Å². The molecule has 7 heteroatoms. The summed E-state index contributed by atoms with van der Waals surface area (Å²) in [4.78, 5) is 12.0. The summed E-state index contributed by atoms with van der Waals surface area (Å²) in [6, 6.07) is 8.99. The number of nitrogens with one attached hydrogen (secondary N) is 2. The lowest BCUT2D eigenvalue weighted by Gasteiger charge is -2.24. The molecule has 0 aliphatic rings. The molecule has 106 valence electrons. The van der Waals surface area contributed by atoms with Gasteiger partial charge in [0.25, 0.3) is 0 Å². The first-order valence-corrected chi connectivity index (χ1v) is 7.70. The fraction of sp³-hybridized carbons (Fsp3) is 0.417. The van der Waals surface area contributed by atoms with Gasteiger partial charge in [-0.3, -0.25) is 4.79 Å². The standard InChI is InChI=1S/C12H19N3O3S/c1-12(13,10-6-4-3-5-7-10)11(16)14-8-9-15-19(2,17)18/h3-7,15H,8-9,13H2,1-2H3,(H,14,16). The molecule has 0 aliphatic heterocycles. The van der Waals surface area contributed by atoms with E-state index in [1.807, 2.05) is 6.07 Å². The highest BCUT2D eigenvalue weighted by Gasteiger charge is 2.29. The summed E-state index contributed by atoms with van der Waals surface area (Å²) >= 11 is 0. The Hall–Kier alpha value is -1.44. The first kappa shape index (κ1) is 15.6. The van der Waals surface area contributed by atoms with E-state index in [1.165, 1.54) is 0 Å². The van der Waals surface area contributed by atoms with Gasteiger partial charge >= 0.3 is 0 Å². The lowest BCUT2D eigenvalue weighted by atomic mass is 9.92. The van der Waals surface area contributed by atoms with Crippen molar-refractivity contribution in [2.45, 2.75) is 12.5 Å². The topological polar surface area (TPSA) is 101 Å². The fourth-order valence-corrected chi connectivity index (χ4v) is 1.98. The quantitative estimate of drug-likeness (QED) is 0.615. The molecule has 4 N–H and O–H groups in total. The van der Waals surface area contributed by atoms with Crippen LogP contribution in [0.1, 0.15) is 12.5 Å². The third-order valence-corrected chi connectivity index (χ3v) is 3.35. The van der Waals surface area contributed by atoms with Gasteiger partial charge in [0.1, 0.15) is 5.54 Å². The lowest BCUT2D eigenvalue weighted by molar-refractivity contribution is -0.126. The second kappa shape index (κ2) is 6.14. The lowest BCUT2D eigenvalue weighted by Crippen LogP contribution is -2.50. The van der Waals surface area contributed by atoms with Crippen LogP contribution in [-0.2, 0) is 20.4 Å². The van der Waals surface area contributed by atoms with Crippen LogP contribution in [0.4, 0.5) is 0 Å². The molecule has 1 aromatic carbocycles. The van der Waals surface area contributed by atoms with E-state index in [2.05, 4.69) is 10.0 Å². The first-order valence-electron chi connectivity index (χ1n) is 5.81. The zero-order chi connectivity index (χ0) is 14.5. The third kappa shape index (κ3) is 4.98. The van der Waals surface area contributed by atoms with E-state index in [4.69, 9.17) is 5.73 Å². The largest absolute Gasteiger partial charge is 0.353 e. The number of amides is 1. The van der Waals surface area contributed by atoms with Crippen molar-refractivity contribution in [1.29, 1.82) is 0 Å². The van der Waals surface area contributed by atoms with Gasteiger partial charge in [-0.05, 0) is 12.5 Å². The van der Waals surface area contributed by atoms with E-state index in [0.29, 0.717) is 5.56 Å². The van der Waals surface area contributed by atoms with Crippen LogP contribution < -0.4 is 15.8 Å². The molecule has 1 atom stereocenters. The Morgan fingerprint density at radius 2 is 1.84 bits per heavy atom. The van der Waals surface area contributed by atoms with Crippen molar-refractivity contribution in [2.75, 3.05) is 19.3 Å². The summed E-state index contributed by atoms with van der Waals surface area (Å²) in [5.41, 5.74) is 5.55. The van der Waals surface area contributed by atoms with Crippen molar-refractivity contribution < 1.29 is 13.2 Å². The van der Waals surface area contributed by atoms with Crippen LogP contribution in [0.5, 0.6) is 0 Å². The summed E-state index contributed by atoms with van der Waals surface area (Å²) in [5.74, 6) is -0.353.